The molecule has 2 aromatic rings. The Morgan fingerprint density at radius 1 is 1.20 bits per heavy atom. The molecular weight excluding hydrogens is 427 g/mol. The van der Waals surface area contributed by atoms with E-state index in [1.165, 1.54) is 4.90 Å². The van der Waals surface area contributed by atoms with Gasteiger partial charge in [0.25, 0.3) is 0 Å². The summed E-state index contributed by atoms with van der Waals surface area (Å²) in [5.74, 6) is -0.234. The van der Waals surface area contributed by atoms with Crippen molar-refractivity contribution in [2.45, 2.75) is 31.7 Å². The maximum atomic E-state index is 13.0. The average Bonchev–Trinajstić information content (AvgIpc) is 3.10. The van der Waals surface area contributed by atoms with Crippen LogP contribution in [0, 0.1) is 0 Å². The minimum atomic E-state index is -0.755. The minimum absolute atomic E-state index is 0.0904. The fourth-order valence-corrected chi connectivity index (χ4v) is 3.77. The third-order valence-corrected chi connectivity index (χ3v) is 5.56. The van der Waals surface area contributed by atoms with Gasteiger partial charge in [0, 0.05) is 48.8 Å². The van der Waals surface area contributed by atoms with E-state index in [4.69, 9.17) is 28.9 Å². The van der Waals surface area contributed by atoms with Crippen LogP contribution in [0.2, 0.25) is 10.0 Å². The van der Waals surface area contributed by atoms with E-state index in [9.17, 15) is 14.7 Å². The SMILES string of the molecule is CN(Cc1ccc(Cl)cc1)C(=O)C1C[C@H](O)CN1C(=O)NCc1ccc(Cl)cc1N. The van der Waals surface area contributed by atoms with E-state index in [1.807, 2.05) is 12.1 Å². The number of carbonyl (C=O) groups is 2. The van der Waals surface area contributed by atoms with E-state index in [0.717, 1.165) is 11.1 Å². The minimum Gasteiger partial charge on any atom is -0.398 e. The quantitative estimate of drug-likeness (QED) is 0.609. The first kappa shape index (κ1) is 22.2. The van der Waals surface area contributed by atoms with Crippen molar-refractivity contribution >= 4 is 40.8 Å². The summed E-state index contributed by atoms with van der Waals surface area (Å²) in [6.45, 7) is 0.655. The molecule has 0 aromatic heterocycles. The highest BCUT2D eigenvalue weighted by Gasteiger charge is 2.40. The molecule has 3 amide bonds. The van der Waals surface area contributed by atoms with Crippen LogP contribution in [0.25, 0.3) is 0 Å². The number of likely N-dealkylation sites (tertiary alicyclic amines) is 1. The van der Waals surface area contributed by atoms with Crippen molar-refractivity contribution < 1.29 is 14.7 Å². The molecule has 2 atom stereocenters. The van der Waals surface area contributed by atoms with Gasteiger partial charge in [-0.2, -0.15) is 0 Å². The second-order valence-corrected chi connectivity index (χ2v) is 8.25. The van der Waals surface area contributed by atoms with Crippen molar-refractivity contribution in [3.05, 3.63) is 63.6 Å². The van der Waals surface area contributed by atoms with Crippen LogP contribution in [0.15, 0.2) is 42.5 Å². The molecule has 1 heterocycles. The maximum absolute atomic E-state index is 13.0. The van der Waals surface area contributed by atoms with Crippen molar-refractivity contribution in [3.63, 3.8) is 0 Å². The Bertz CT molecular complexity index is 923. The van der Waals surface area contributed by atoms with Crippen LogP contribution < -0.4 is 11.1 Å². The van der Waals surface area contributed by atoms with Gasteiger partial charge in [0.1, 0.15) is 6.04 Å². The predicted octanol–water partition coefficient (Wildman–Crippen LogP) is 2.88. The molecule has 1 fully saturated rings. The standard InChI is InChI=1S/C21H24Cl2N4O3/c1-26(11-13-2-5-15(22)6-3-13)20(29)19-9-17(28)12-27(19)21(30)25-10-14-4-7-16(23)8-18(14)24/h2-8,17,19,28H,9-12,24H2,1H3,(H,25,30)/t17-,19?/m0/s1. The third kappa shape index (κ3) is 5.36. The number of likely N-dealkylation sites (N-methyl/N-ethyl adjacent to an activating group) is 1. The topological polar surface area (TPSA) is 98.9 Å². The number of nitrogen functional groups attached to an aromatic ring is 1. The lowest BCUT2D eigenvalue weighted by molar-refractivity contribution is -0.134. The van der Waals surface area contributed by atoms with E-state index in [-0.39, 0.29) is 25.4 Å². The molecule has 0 aliphatic carbocycles. The van der Waals surface area contributed by atoms with Crippen molar-refractivity contribution in [2.75, 3.05) is 19.3 Å². The van der Waals surface area contributed by atoms with Crippen LogP contribution in [-0.2, 0) is 17.9 Å². The monoisotopic (exact) mass is 450 g/mol. The number of hydrogen-bond acceptors (Lipinski definition) is 4. The number of anilines is 1. The summed E-state index contributed by atoms with van der Waals surface area (Å²) in [5.41, 5.74) is 8.03. The summed E-state index contributed by atoms with van der Waals surface area (Å²) in [6.07, 6.45) is -0.561. The van der Waals surface area contributed by atoms with E-state index < -0.39 is 18.2 Å². The molecule has 1 saturated heterocycles. The summed E-state index contributed by atoms with van der Waals surface area (Å²) in [7, 11) is 1.67. The zero-order valence-corrected chi connectivity index (χ0v) is 18.0. The third-order valence-electron chi connectivity index (χ3n) is 5.07. The number of hydrogen-bond donors (Lipinski definition) is 3. The Morgan fingerprint density at radius 3 is 2.53 bits per heavy atom. The largest absolute Gasteiger partial charge is 0.398 e. The van der Waals surface area contributed by atoms with Gasteiger partial charge < -0.3 is 26.0 Å². The number of aliphatic hydroxyl groups is 1. The van der Waals surface area contributed by atoms with Crippen molar-refractivity contribution in [1.82, 2.24) is 15.1 Å². The fraction of sp³-hybridized carbons (Fsp3) is 0.333. The van der Waals surface area contributed by atoms with E-state index in [1.54, 1.807) is 42.3 Å². The summed E-state index contributed by atoms with van der Waals surface area (Å²) in [6, 6.07) is 11.1. The van der Waals surface area contributed by atoms with Gasteiger partial charge >= 0.3 is 6.03 Å². The first-order valence-corrected chi connectivity index (χ1v) is 10.3. The molecule has 160 valence electrons. The fourth-order valence-electron chi connectivity index (χ4n) is 3.47. The predicted molar refractivity (Wildman–Crippen MR) is 117 cm³/mol. The van der Waals surface area contributed by atoms with Gasteiger partial charge in [0.2, 0.25) is 5.91 Å². The Balaban J connectivity index is 1.63. The molecular formula is C21H24Cl2N4O3. The Kier molecular flexibility index (Phi) is 7.07. The number of nitrogens with one attached hydrogen (secondary N) is 1. The number of rotatable bonds is 5. The average molecular weight is 451 g/mol. The first-order chi connectivity index (χ1) is 14.2. The van der Waals surface area contributed by atoms with Gasteiger partial charge in [0.05, 0.1) is 6.10 Å². The number of aliphatic hydroxyl groups excluding tert-OH is 1. The Hall–Kier alpha value is -2.48. The number of β-amino-alcohol motifs (C(OH)–C–C–N with tert-alkyl or cyclic N) is 1. The van der Waals surface area contributed by atoms with Gasteiger partial charge in [-0.3, -0.25) is 4.79 Å². The highest BCUT2D eigenvalue weighted by Crippen LogP contribution is 2.22. The number of amides is 3. The van der Waals surface area contributed by atoms with Gasteiger partial charge in [-0.15, -0.1) is 0 Å². The van der Waals surface area contributed by atoms with Crippen LogP contribution in [0.1, 0.15) is 17.5 Å². The van der Waals surface area contributed by atoms with Gasteiger partial charge in [-0.25, -0.2) is 4.79 Å². The molecule has 0 spiro atoms. The lowest BCUT2D eigenvalue weighted by Gasteiger charge is -2.28. The molecule has 1 aliphatic heterocycles. The molecule has 1 unspecified atom stereocenters. The molecule has 1 aliphatic rings. The normalized spacial score (nSPS) is 18.3. The maximum Gasteiger partial charge on any atom is 0.318 e. The van der Waals surface area contributed by atoms with Gasteiger partial charge in [0.15, 0.2) is 0 Å². The highest BCUT2D eigenvalue weighted by molar-refractivity contribution is 6.31. The lowest BCUT2D eigenvalue weighted by Crippen LogP contribution is -2.49. The number of nitrogens with two attached hydrogens (primary N) is 1. The van der Waals surface area contributed by atoms with Crippen LogP contribution in [-0.4, -0.2) is 52.6 Å². The molecule has 3 rings (SSSR count). The number of urea groups is 1. The van der Waals surface area contributed by atoms with Crippen LogP contribution in [0.4, 0.5) is 10.5 Å². The van der Waals surface area contributed by atoms with E-state index in [0.29, 0.717) is 22.3 Å². The zero-order chi connectivity index (χ0) is 21.8. The van der Waals surface area contributed by atoms with E-state index >= 15 is 0 Å². The number of carbonyl (C=O) groups excluding carboxylic acids is 2. The van der Waals surface area contributed by atoms with Crippen LogP contribution >= 0.6 is 23.2 Å². The summed E-state index contributed by atoms with van der Waals surface area (Å²) in [4.78, 5) is 28.6. The van der Waals surface area contributed by atoms with Gasteiger partial charge in [-0.1, -0.05) is 41.4 Å². The summed E-state index contributed by atoms with van der Waals surface area (Å²) in [5, 5.41) is 14.0. The molecule has 0 saturated carbocycles. The molecule has 30 heavy (non-hydrogen) atoms. The molecule has 9 heteroatoms. The molecule has 0 radical (unpaired) electrons. The second-order valence-electron chi connectivity index (χ2n) is 7.38. The molecule has 7 nitrogen and oxygen atoms in total. The van der Waals surface area contributed by atoms with Crippen LogP contribution in [0.5, 0.6) is 0 Å². The molecule has 2 aromatic carbocycles. The molecule has 4 N–H and O–H groups in total. The van der Waals surface area contributed by atoms with E-state index in [2.05, 4.69) is 5.32 Å². The van der Waals surface area contributed by atoms with Crippen molar-refractivity contribution in [1.29, 1.82) is 0 Å². The number of nitrogens with zero attached hydrogens (tertiary/aromatic N) is 2. The van der Waals surface area contributed by atoms with Crippen molar-refractivity contribution in [2.24, 2.45) is 0 Å². The smallest absolute Gasteiger partial charge is 0.318 e. The number of halogens is 2. The zero-order valence-electron chi connectivity index (χ0n) is 16.5. The Labute approximate surface area is 185 Å². The van der Waals surface area contributed by atoms with Gasteiger partial charge in [-0.05, 0) is 35.4 Å². The molecule has 0 bridgehead atoms. The van der Waals surface area contributed by atoms with Crippen molar-refractivity contribution in [3.8, 4) is 0 Å². The lowest BCUT2D eigenvalue weighted by atomic mass is 10.1. The first-order valence-electron chi connectivity index (χ1n) is 9.50. The summed E-state index contributed by atoms with van der Waals surface area (Å²) >= 11 is 11.8. The number of benzene rings is 2. The summed E-state index contributed by atoms with van der Waals surface area (Å²) < 4.78 is 0. The highest BCUT2D eigenvalue weighted by atomic mass is 35.5. The second kappa shape index (κ2) is 9.55. The van der Waals surface area contributed by atoms with Crippen LogP contribution in [0.3, 0.4) is 0 Å². The Morgan fingerprint density at radius 2 is 1.87 bits per heavy atom.